The van der Waals surface area contributed by atoms with Crippen LogP contribution < -0.4 is 10.6 Å². The number of carbonyl (C=O) groups is 3. The molecule has 1 heterocycles. The van der Waals surface area contributed by atoms with E-state index in [0.29, 0.717) is 48.6 Å². The molecule has 0 bridgehead atoms. The molecule has 7 heteroatoms. The fourth-order valence-corrected chi connectivity index (χ4v) is 3.23. The lowest BCUT2D eigenvalue weighted by Gasteiger charge is -2.19. The summed E-state index contributed by atoms with van der Waals surface area (Å²) in [6.45, 7) is 5.59. The Hall–Kier alpha value is -2.67. The zero-order valence-corrected chi connectivity index (χ0v) is 16.5. The quantitative estimate of drug-likeness (QED) is 0.648. The fourth-order valence-electron chi connectivity index (χ4n) is 2.59. The monoisotopic (exact) mass is 387 g/mol. The molecule has 1 aromatic heterocycles. The summed E-state index contributed by atoms with van der Waals surface area (Å²) in [7, 11) is 0. The molecule has 0 unspecified atom stereocenters. The van der Waals surface area contributed by atoms with E-state index in [0.717, 1.165) is 0 Å². The summed E-state index contributed by atoms with van der Waals surface area (Å²) < 4.78 is 0. The molecule has 1 aromatic carbocycles. The van der Waals surface area contributed by atoms with Crippen molar-refractivity contribution in [2.24, 2.45) is 0 Å². The van der Waals surface area contributed by atoms with Gasteiger partial charge in [-0.3, -0.25) is 14.4 Å². The first kappa shape index (κ1) is 20.6. The number of carbonyl (C=O) groups excluding carboxylic acids is 3. The topological polar surface area (TPSA) is 78.5 Å². The van der Waals surface area contributed by atoms with E-state index in [2.05, 4.69) is 10.6 Å². The maximum atomic E-state index is 12.4. The maximum absolute atomic E-state index is 12.4. The van der Waals surface area contributed by atoms with Crippen molar-refractivity contribution in [3.8, 4) is 0 Å². The predicted molar refractivity (Wildman–Crippen MR) is 108 cm³/mol. The lowest BCUT2D eigenvalue weighted by Crippen LogP contribution is -2.30. The molecule has 0 radical (unpaired) electrons. The molecule has 2 N–H and O–H groups in total. The van der Waals surface area contributed by atoms with Gasteiger partial charge >= 0.3 is 0 Å². The Morgan fingerprint density at radius 1 is 1.07 bits per heavy atom. The van der Waals surface area contributed by atoms with E-state index in [1.54, 1.807) is 35.2 Å². The van der Waals surface area contributed by atoms with Crippen LogP contribution in [-0.2, 0) is 4.79 Å². The smallest absolute Gasteiger partial charge is 0.261 e. The Kier molecular flexibility index (Phi) is 8.00. The van der Waals surface area contributed by atoms with Crippen LogP contribution >= 0.6 is 11.3 Å². The summed E-state index contributed by atoms with van der Waals surface area (Å²) in [5, 5.41) is 7.45. The largest absolute Gasteiger partial charge is 0.351 e. The second-order valence-corrected chi connectivity index (χ2v) is 6.89. The first-order chi connectivity index (χ1) is 13.0. The van der Waals surface area contributed by atoms with Crippen LogP contribution in [0.25, 0.3) is 0 Å². The number of nitrogens with one attached hydrogen (secondary N) is 2. The lowest BCUT2D eigenvalue weighted by molar-refractivity contribution is -0.116. The number of hydrogen-bond acceptors (Lipinski definition) is 4. The van der Waals surface area contributed by atoms with Crippen molar-refractivity contribution in [2.75, 3.05) is 25.0 Å². The van der Waals surface area contributed by atoms with Gasteiger partial charge in [0, 0.05) is 37.3 Å². The Morgan fingerprint density at radius 2 is 1.85 bits per heavy atom. The van der Waals surface area contributed by atoms with Gasteiger partial charge in [0.2, 0.25) is 5.91 Å². The van der Waals surface area contributed by atoms with Crippen molar-refractivity contribution >= 4 is 34.7 Å². The number of hydrogen-bond donors (Lipinski definition) is 2. The third kappa shape index (κ3) is 6.21. The average Bonchev–Trinajstić information content (AvgIpc) is 3.21. The fraction of sp³-hybridized carbons (Fsp3) is 0.350. The van der Waals surface area contributed by atoms with Crippen molar-refractivity contribution < 1.29 is 14.4 Å². The molecule has 27 heavy (non-hydrogen) atoms. The third-order valence-electron chi connectivity index (χ3n) is 4.06. The first-order valence-electron chi connectivity index (χ1n) is 9.06. The zero-order chi connectivity index (χ0) is 19.6. The Balaban J connectivity index is 1.79. The van der Waals surface area contributed by atoms with E-state index >= 15 is 0 Å². The number of thiophene rings is 1. The van der Waals surface area contributed by atoms with Gasteiger partial charge in [0.25, 0.3) is 11.8 Å². The highest BCUT2D eigenvalue weighted by molar-refractivity contribution is 7.12. The molecule has 0 fully saturated rings. The second kappa shape index (κ2) is 10.5. The van der Waals surface area contributed by atoms with Gasteiger partial charge in [0.05, 0.1) is 4.88 Å². The molecule has 144 valence electrons. The number of benzene rings is 1. The molecule has 0 spiro atoms. The molecule has 0 aliphatic rings. The Labute approximate surface area is 163 Å². The van der Waals surface area contributed by atoms with Gasteiger partial charge in [-0.2, -0.15) is 0 Å². The highest BCUT2D eigenvalue weighted by Crippen LogP contribution is 2.13. The number of amides is 3. The van der Waals surface area contributed by atoms with E-state index < -0.39 is 0 Å². The molecule has 0 aliphatic heterocycles. The van der Waals surface area contributed by atoms with Gasteiger partial charge in [0.1, 0.15) is 0 Å². The lowest BCUT2D eigenvalue weighted by atomic mass is 10.1. The van der Waals surface area contributed by atoms with Crippen LogP contribution in [0.1, 0.15) is 46.7 Å². The van der Waals surface area contributed by atoms with E-state index in [4.69, 9.17) is 0 Å². The SMILES string of the molecule is CCN(CC)C(=O)c1cccc(NC(=O)CCCNC(=O)c2cccs2)c1. The summed E-state index contributed by atoms with van der Waals surface area (Å²) in [5.41, 5.74) is 1.15. The molecule has 0 atom stereocenters. The molecule has 0 saturated heterocycles. The molecule has 0 saturated carbocycles. The Bertz CT molecular complexity index is 771. The number of anilines is 1. The summed E-state index contributed by atoms with van der Waals surface area (Å²) in [6.07, 6.45) is 0.833. The molecule has 2 aromatic rings. The summed E-state index contributed by atoms with van der Waals surface area (Å²) in [4.78, 5) is 38.7. The van der Waals surface area contributed by atoms with Crippen LogP contribution in [0, 0.1) is 0 Å². The minimum atomic E-state index is -0.146. The van der Waals surface area contributed by atoms with Crippen LogP contribution in [0.2, 0.25) is 0 Å². The molecule has 0 aliphatic carbocycles. The third-order valence-corrected chi connectivity index (χ3v) is 4.92. The Morgan fingerprint density at radius 3 is 2.52 bits per heavy atom. The average molecular weight is 388 g/mol. The highest BCUT2D eigenvalue weighted by Gasteiger charge is 2.13. The van der Waals surface area contributed by atoms with E-state index in [1.807, 2.05) is 25.3 Å². The van der Waals surface area contributed by atoms with Gasteiger partial charge < -0.3 is 15.5 Å². The van der Waals surface area contributed by atoms with E-state index in [-0.39, 0.29) is 17.7 Å². The van der Waals surface area contributed by atoms with Crippen LogP contribution in [0.5, 0.6) is 0 Å². The molecule has 3 amide bonds. The molecular weight excluding hydrogens is 362 g/mol. The van der Waals surface area contributed by atoms with Gasteiger partial charge in [0.15, 0.2) is 0 Å². The molecular formula is C20H25N3O3S. The standard InChI is InChI=1S/C20H25N3O3S/c1-3-23(4-2)20(26)15-8-5-9-16(14-15)22-18(24)11-6-12-21-19(25)17-10-7-13-27-17/h5,7-10,13-14H,3-4,6,11-12H2,1-2H3,(H,21,25)(H,22,24). The van der Waals surface area contributed by atoms with Crippen LogP contribution in [-0.4, -0.2) is 42.3 Å². The van der Waals surface area contributed by atoms with Crippen molar-refractivity contribution in [1.82, 2.24) is 10.2 Å². The van der Waals surface area contributed by atoms with Crippen molar-refractivity contribution in [2.45, 2.75) is 26.7 Å². The summed E-state index contributed by atoms with van der Waals surface area (Å²) in [5.74, 6) is -0.312. The van der Waals surface area contributed by atoms with Gasteiger partial charge in [-0.1, -0.05) is 12.1 Å². The van der Waals surface area contributed by atoms with Gasteiger partial charge in [-0.15, -0.1) is 11.3 Å². The number of rotatable bonds is 9. The summed E-state index contributed by atoms with van der Waals surface area (Å²) >= 11 is 1.38. The van der Waals surface area contributed by atoms with E-state index in [1.165, 1.54) is 11.3 Å². The minimum absolute atomic E-state index is 0.0487. The maximum Gasteiger partial charge on any atom is 0.261 e. The van der Waals surface area contributed by atoms with Crippen LogP contribution in [0.15, 0.2) is 41.8 Å². The van der Waals surface area contributed by atoms with Gasteiger partial charge in [-0.05, 0) is 49.9 Å². The predicted octanol–water partition coefficient (Wildman–Crippen LogP) is 3.38. The van der Waals surface area contributed by atoms with Crippen molar-refractivity contribution in [3.05, 3.63) is 52.2 Å². The zero-order valence-electron chi connectivity index (χ0n) is 15.7. The van der Waals surface area contributed by atoms with Crippen molar-refractivity contribution in [3.63, 3.8) is 0 Å². The van der Waals surface area contributed by atoms with Gasteiger partial charge in [-0.25, -0.2) is 0 Å². The second-order valence-electron chi connectivity index (χ2n) is 5.94. The normalized spacial score (nSPS) is 10.3. The molecule has 2 rings (SSSR count). The van der Waals surface area contributed by atoms with Crippen LogP contribution in [0.3, 0.4) is 0 Å². The molecule has 6 nitrogen and oxygen atoms in total. The number of nitrogens with zero attached hydrogens (tertiary/aromatic N) is 1. The van der Waals surface area contributed by atoms with Crippen molar-refractivity contribution in [1.29, 1.82) is 0 Å². The van der Waals surface area contributed by atoms with Crippen LogP contribution in [0.4, 0.5) is 5.69 Å². The minimum Gasteiger partial charge on any atom is -0.351 e. The summed E-state index contributed by atoms with van der Waals surface area (Å²) in [6, 6.07) is 10.5. The highest BCUT2D eigenvalue weighted by atomic mass is 32.1. The first-order valence-corrected chi connectivity index (χ1v) is 9.94. The van der Waals surface area contributed by atoms with E-state index in [9.17, 15) is 14.4 Å².